The molecule has 0 fully saturated rings. The van der Waals surface area contributed by atoms with Crippen molar-refractivity contribution in [3.8, 4) is 80.1 Å². The van der Waals surface area contributed by atoms with Crippen molar-refractivity contribution >= 4 is 129 Å². The van der Waals surface area contributed by atoms with Crippen LogP contribution < -0.4 is 0 Å². The predicted octanol–water partition coefficient (Wildman–Crippen LogP) is 15.0. The van der Waals surface area contributed by atoms with Gasteiger partial charge in [-0.2, -0.15) is 13.2 Å². The van der Waals surface area contributed by atoms with E-state index in [0.29, 0.717) is 149 Å². The number of benzene rings is 14. The second-order valence-corrected chi connectivity index (χ2v) is 32.0. The molecule has 47 heteroatoms. The van der Waals surface area contributed by atoms with Gasteiger partial charge in [0.25, 0.3) is 5.69 Å². The lowest BCUT2D eigenvalue weighted by Crippen LogP contribution is -2.04. The molecule has 0 aliphatic carbocycles. The van der Waals surface area contributed by atoms with Gasteiger partial charge in [0.05, 0.1) is 78.9 Å². The number of hydrogen-bond donors (Lipinski definition) is 15. The van der Waals surface area contributed by atoms with E-state index in [4.69, 9.17) is 77.1 Å². The molecule has 15 N–H and O–H groups in total. The van der Waals surface area contributed by atoms with Gasteiger partial charge in [0.2, 0.25) is 0 Å². The number of halogens is 6. The zero-order valence-electron chi connectivity index (χ0n) is 73.8. The topological polar surface area (TPSA) is 583 Å². The van der Waals surface area contributed by atoms with Gasteiger partial charge in [0.15, 0.2) is 5.69 Å². The monoisotopic (exact) mass is 2000 g/mol. The minimum absolute atomic E-state index is 0.0136. The number of aliphatic hydroxyl groups excluding tert-OH is 7. The summed E-state index contributed by atoms with van der Waals surface area (Å²) in [6, 6.07) is 63.5. The Morgan fingerprint density at radius 3 is 0.874 bits per heavy atom. The molecule has 0 aliphatic rings. The maximum atomic E-state index is 12.7. The van der Waals surface area contributed by atoms with E-state index in [9.17, 15) is 68.9 Å². The van der Waals surface area contributed by atoms with Crippen LogP contribution in [0.15, 0.2) is 249 Å². The SMILES string of the molecule is CCc1ccc2nn(-c3cc(CO)ccc3O)nc2c1.O=C(O)c1ccc2nn(-c3cc(CO)ccc3O)nc2c1.O=[N+]([O-])c1ccc2nn(-c3cc(CO)ccc3O)nc2c1.OCc1ccc(O)c(-n2nc3cc(Cl)c(Cl)cc3n2)c1.OCc1ccc(O)c(-n2nc3ccc(C(F)(F)F)cc3n2)c1.OCc1ccc(O)c(-n2nc3ccc(Cl)cc3n2)c1.[C-]#[N+]c1ccc2nn(-c3cc(CO)ccc3O)nc2c1. The summed E-state index contributed by atoms with van der Waals surface area (Å²) in [6.45, 7) is 8.01. The van der Waals surface area contributed by atoms with Gasteiger partial charge < -0.3 is 76.6 Å². The van der Waals surface area contributed by atoms with Crippen LogP contribution in [0.4, 0.5) is 24.5 Å². The van der Waals surface area contributed by atoms with Crippen LogP contribution in [0.2, 0.25) is 15.1 Å². The van der Waals surface area contributed by atoms with Crippen molar-refractivity contribution in [1.82, 2.24) is 105 Å². The van der Waals surface area contributed by atoms with E-state index >= 15 is 0 Å². The van der Waals surface area contributed by atoms with Crippen molar-refractivity contribution in [3.05, 3.63) is 341 Å². The number of aromatic carboxylic acids is 1. The maximum absolute atomic E-state index is 12.7. The summed E-state index contributed by atoms with van der Waals surface area (Å²) in [5.41, 5.74) is 15.0. The highest BCUT2D eigenvalue weighted by molar-refractivity contribution is 6.42. The van der Waals surface area contributed by atoms with Crippen LogP contribution in [-0.4, -0.2) is 192 Å². The van der Waals surface area contributed by atoms with Crippen LogP contribution in [0.1, 0.15) is 67.4 Å². The van der Waals surface area contributed by atoms with Crippen LogP contribution in [0.25, 0.3) is 122 Å². The quantitative estimate of drug-likeness (QED) is 0.0229. The standard InChI is InChI=1S/C15H15N3O2.C14H10F3N3O2.C14H10N4O2.C14H11N3O4.C13H9Cl2N3O2.C13H10ClN3O2.C13H10N4O4/c1-2-10-3-5-12-13(7-10)17-18(16-12)14-8-11(9-19)4-6-15(14)20;15-14(16,17)9-2-3-10-11(6-9)19-20(18-10)12-5-8(7-21)1-4-13(12)22;1-15-10-3-4-11-12(7-10)17-18(16-11)13-6-9(8-19)2-5-14(13)20;18-7-8-1-4-13(19)12(5-8)17-15-10-3-2-9(14(20)21)6-11(10)16-17;14-8-4-10-11(5-9(8)15)17-18(16-10)12-3-7(6-19)1-2-13(12)20;14-9-2-3-10-11(6-9)16-17(15-10)12-5-8(7-18)1-4-13(12)19;18-7-8-1-4-13(19)12(5-8)16-14-10-3-2-9(17(20)21)6-11(10)15-16/h3-8,19-20H,2,9H2,1H3;1-6,21-22H,7H2;2-7,19-20H,8H2;1-6,18-19H,7H2,(H,20,21);1-5,19-20H,6H2;1-6,18-19H,7H2;1-6,18-19H,7H2. The molecule has 0 spiro atoms. The Labute approximate surface area is 816 Å². The number of nitro groups is 1. The van der Waals surface area contributed by atoms with Gasteiger partial charge in [0.1, 0.15) is 157 Å². The molecule has 7 aromatic heterocycles. The smallest absolute Gasteiger partial charge is 0.416 e. The van der Waals surface area contributed by atoms with Gasteiger partial charge in [-0.3, -0.25) is 10.1 Å². The Morgan fingerprint density at radius 1 is 0.322 bits per heavy atom. The minimum atomic E-state index is -4.46. The number of phenolic OH excluding ortho intramolecular Hbond substituents is 7. The highest BCUT2D eigenvalue weighted by Crippen LogP contribution is 2.36. The molecule has 0 saturated heterocycles. The summed E-state index contributed by atoms with van der Waals surface area (Å²) in [4.78, 5) is 33.3. The van der Waals surface area contributed by atoms with Gasteiger partial charge in [-0.05, 0) is 233 Å². The van der Waals surface area contributed by atoms with E-state index < -0.39 is 22.6 Å². The number of fused-ring (bicyclic) bond motifs is 7. The lowest BCUT2D eigenvalue weighted by Gasteiger charge is -2.04. The first-order valence-electron chi connectivity index (χ1n) is 42.2. The average Bonchev–Trinajstić information content (AvgIpc) is 1.88. The molecule has 724 valence electrons. The van der Waals surface area contributed by atoms with Crippen LogP contribution in [-0.2, 0) is 58.8 Å². The van der Waals surface area contributed by atoms with E-state index in [2.05, 4.69) is 83.2 Å². The van der Waals surface area contributed by atoms with Crippen LogP contribution in [0.3, 0.4) is 0 Å². The molecule has 21 aromatic rings. The number of nitrogens with zero attached hydrogens (tertiary/aromatic N) is 23. The van der Waals surface area contributed by atoms with Crippen LogP contribution in [0, 0.1) is 16.7 Å². The fourth-order valence-electron chi connectivity index (χ4n) is 13.7. The van der Waals surface area contributed by atoms with E-state index in [0.717, 1.165) is 34.4 Å². The molecule has 0 amide bonds. The van der Waals surface area contributed by atoms with Crippen molar-refractivity contribution in [1.29, 1.82) is 0 Å². The Balaban J connectivity index is 0.000000126. The molecular weight excluding hydrogens is 1930 g/mol. The first kappa shape index (κ1) is 99.7. The summed E-state index contributed by atoms with van der Waals surface area (Å²) in [6.07, 6.45) is -3.52. The van der Waals surface area contributed by atoms with E-state index in [-0.39, 0.29) is 114 Å². The van der Waals surface area contributed by atoms with Gasteiger partial charge >= 0.3 is 12.1 Å². The molecule has 0 atom stereocenters. The fraction of sp³-hybridized carbons (Fsp3) is 0.104. The van der Waals surface area contributed by atoms with Crippen molar-refractivity contribution in [3.63, 3.8) is 0 Å². The first-order chi connectivity index (χ1) is 68.7. The number of non-ortho nitro benzene ring substituents is 1. The third kappa shape index (κ3) is 23.1. The summed E-state index contributed by atoms with van der Waals surface area (Å²) >= 11 is 17.8. The number of aromatic hydroxyl groups is 7. The fourth-order valence-corrected chi connectivity index (χ4v) is 14.1. The number of aliphatic hydroxyl groups is 7. The van der Waals surface area contributed by atoms with Crippen molar-refractivity contribution in [2.24, 2.45) is 0 Å². The highest BCUT2D eigenvalue weighted by atomic mass is 35.5. The molecule has 0 radical (unpaired) electrons. The summed E-state index contributed by atoms with van der Waals surface area (Å²) in [5, 5.41) is 213. The van der Waals surface area contributed by atoms with Gasteiger partial charge in [-0.25, -0.2) is 9.64 Å². The molecule has 7 heterocycles. The molecule has 0 aliphatic heterocycles. The Bertz CT molecular complexity index is 8220. The number of rotatable bonds is 17. The highest BCUT2D eigenvalue weighted by Gasteiger charge is 2.31. The minimum Gasteiger partial charge on any atom is -0.506 e. The number of carboxylic acid groups (broad SMARTS) is 1. The average molecular weight is 2000 g/mol. The molecule has 143 heavy (non-hydrogen) atoms. The number of carboxylic acids is 1. The van der Waals surface area contributed by atoms with Crippen molar-refractivity contribution in [2.75, 3.05) is 0 Å². The molecule has 14 aromatic carbocycles. The molecule has 0 unspecified atom stereocenters. The van der Waals surface area contributed by atoms with E-state index in [1.165, 1.54) is 125 Å². The molecule has 0 bridgehead atoms. The lowest BCUT2D eigenvalue weighted by molar-refractivity contribution is -0.384. The Kier molecular flexibility index (Phi) is 30.3. The number of aryl methyl sites for hydroxylation is 1. The predicted molar refractivity (Wildman–Crippen MR) is 514 cm³/mol. The number of aromatic nitrogens is 21. The van der Waals surface area contributed by atoms with E-state index in [1.807, 2.05) is 18.2 Å². The summed E-state index contributed by atoms with van der Waals surface area (Å²) < 4.78 is 38.1. The maximum Gasteiger partial charge on any atom is 0.416 e. The van der Waals surface area contributed by atoms with Crippen LogP contribution >= 0.6 is 34.8 Å². The molecule has 41 nitrogen and oxygen atoms in total. The summed E-state index contributed by atoms with van der Waals surface area (Å²) in [5.74, 6) is -1.12. The zero-order chi connectivity index (χ0) is 102. The molecule has 0 saturated carbocycles. The number of phenols is 7. The third-order valence-electron chi connectivity index (χ3n) is 21.1. The second-order valence-electron chi connectivity index (χ2n) is 30.8. The number of hydrogen-bond acceptors (Lipinski definition) is 31. The van der Waals surface area contributed by atoms with E-state index in [1.54, 1.807) is 127 Å². The van der Waals surface area contributed by atoms with Crippen molar-refractivity contribution < 1.29 is 99.5 Å². The van der Waals surface area contributed by atoms with Crippen LogP contribution in [0.5, 0.6) is 40.2 Å². The normalized spacial score (nSPS) is 11.1. The van der Waals surface area contributed by atoms with Gasteiger partial charge in [-0.1, -0.05) is 96.3 Å². The number of alkyl halides is 3. The summed E-state index contributed by atoms with van der Waals surface area (Å²) in [7, 11) is 0. The zero-order valence-corrected chi connectivity index (χ0v) is 76.1. The number of carbonyl (C=O) groups is 1. The lowest BCUT2D eigenvalue weighted by atomic mass is 10.1. The molecule has 21 rings (SSSR count). The third-order valence-corrected chi connectivity index (χ3v) is 22.0. The second kappa shape index (κ2) is 43.5. The van der Waals surface area contributed by atoms with Gasteiger partial charge in [-0.15, -0.1) is 105 Å². The van der Waals surface area contributed by atoms with Crippen molar-refractivity contribution in [2.45, 2.75) is 65.8 Å². The van der Waals surface area contributed by atoms with Gasteiger partial charge in [0, 0.05) is 17.2 Å². The Hall–Kier alpha value is -17.8. The largest absolute Gasteiger partial charge is 0.506 e. The first-order valence-corrected chi connectivity index (χ1v) is 43.3. The Morgan fingerprint density at radius 2 is 0.573 bits per heavy atom. The number of nitro benzene ring substituents is 1. The molecular formula is C96H75Cl3F3N23O18.